The van der Waals surface area contributed by atoms with Gasteiger partial charge in [0.15, 0.2) is 0 Å². The minimum atomic E-state index is -0.475. The van der Waals surface area contributed by atoms with Crippen molar-refractivity contribution in [3.63, 3.8) is 0 Å². The van der Waals surface area contributed by atoms with E-state index in [1.54, 1.807) is 38.1 Å². The molecule has 0 aliphatic carbocycles. The number of esters is 1. The normalized spacial score (nSPS) is 11.5. The number of hydrogen-bond donors (Lipinski definition) is 2. The van der Waals surface area contributed by atoms with E-state index >= 15 is 0 Å². The third kappa shape index (κ3) is 7.23. The van der Waals surface area contributed by atoms with Crippen LogP contribution in [0.3, 0.4) is 0 Å². The Morgan fingerprint density at radius 2 is 1.54 bits per heavy atom. The van der Waals surface area contributed by atoms with Gasteiger partial charge in [0.2, 0.25) is 5.91 Å². The summed E-state index contributed by atoms with van der Waals surface area (Å²) in [6.07, 6.45) is -0.00293. The van der Waals surface area contributed by atoms with Crippen LogP contribution < -0.4 is 10.6 Å². The first-order valence-corrected chi connectivity index (χ1v) is 9.32. The van der Waals surface area contributed by atoms with Crippen LogP contribution in [0.2, 0.25) is 0 Å². The average Bonchev–Trinajstić information content (AvgIpc) is 2.68. The fourth-order valence-electron chi connectivity index (χ4n) is 2.65. The van der Waals surface area contributed by atoms with Crippen molar-refractivity contribution in [2.75, 3.05) is 6.54 Å². The second-order valence-electron chi connectivity index (χ2n) is 6.65. The fraction of sp³-hybridized carbons (Fsp3) is 0.318. The molecule has 28 heavy (non-hydrogen) atoms. The Hall–Kier alpha value is -3.15. The Labute approximate surface area is 165 Å². The smallest absolute Gasteiger partial charge is 0.307 e. The summed E-state index contributed by atoms with van der Waals surface area (Å²) in [5, 5.41) is 5.62. The van der Waals surface area contributed by atoms with Crippen LogP contribution >= 0.6 is 0 Å². The molecule has 2 rings (SSSR count). The predicted molar refractivity (Wildman–Crippen MR) is 107 cm³/mol. The third-order valence-corrected chi connectivity index (χ3v) is 3.95. The summed E-state index contributed by atoms with van der Waals surface area (Å²) in [6, 6.07) is 17.7. The quantitative estimate of drug-likeness (QED) is 0.653. The number of hydrogen-bond acceptors (Lipinski definition) is 4. The van der Waals surface area contributed by atoms with E-state index in [1.165, 1.54) is 0 Å². The molecule has 148 valence electrons. The fourth-order valence-corrected chi connectivity index (χ4v) is 2.65. The molecule has 0 fully saturated rings. The molecule has 0 spiro atoms. The van der Waals surface area contributed by atoms with E-state index in [0.29, 0.717) is 5.56 Å². The zero-order chi connectivity index (χ0) is 20.4. The maximum Gasteiger partial charge on any atom is 0.307 e. The zero-order valence-electron chi connectivity index (χ0n) is 16.2. The monoisotopic (exact) mass is 382 g/mol. The summed E-state index contributed by atoms with van der Waals surface area (Å²) in [5.41, 5.74) is 1.36. The topological polar surface area (TPSA) is 84.5 Å². The summed E-state index contributed by atoms with van der Waals surface area (Å²) < 4.78 is 5.04. The highest BCUT2D eigenvalue weighted by Gasteiger charge is 2.19. The van der Waals surface area contributed by atoms with Gasteiger partial charge in [0.1, 0.15) is 0 Å². The maximum absolute atomic E-state index is 12.5. The van der Waals surface area contributed by atoms with Gasteiger partial charge in [0.05, 0.1) is 25.0 Å². The van der Waals surface area contributed by atoms with Gasteiger partial charge in [-0.2, -0.15) is 0 Å². The summed E-state index contributed by atoms with van der Waals surface area (Å²) in [6.45, 7) is 3.74. The number of benzene rings is 2. The van der Waals surface area contributed by atoms with Crippen molar-refractivity contribution in [1.29, 1.82) is 0 Å². The largest absolute Gasteiger partial charge is 0.463 e. The molecular weight excluding hydrogens is 356 g/mol. The molecule has 2 aromatic carbocycles. The molecule has 0 heterocycles. The molecule has 0 saturated carbocycles. The van der Waals surface area contributed by atoms with Crippen LogP contribution in [-0.2, 0) is 14.3 Å². The van der Waals surface area contributed by atoms with Gasteiger partial charge in [0, 0.05) is 12.1 Å². The summed E-state index contributed by atoms with van der Waals surface area (Å²) in [5.74, 6) is -0.852. The predicted octanol–water partition coefficient (Wildman–Crippen LogP) is 3.01. The van der Waals surface area contributed by atoms with E-state index in [0.717, 1.165) is 5.56 Å². The lowest BCUT2D eigenvalue weighted by Crippen LogP contribution is -2.34. The molecule has 1 atom stereocenters. The molecule has 0 unspecified atom stereocenters. The summed E-state index contributed by atoms with van der Waals surface area (Å²) >= 11 is 0. The molecule has 6 heteroatoms. The van der Waals surface area contributed by atoms with Crippen molar-refractivity contribution in [2.45, 2.75) is 38.8 Å². The van der Waals surface area contributed by atoms with Gasteiger partial charge >= 0.3 is 5.97 Å². The van der Waals surface area contributed by atoms with Gasteiger partial charge in [-0.15, -0.1) is 0 Å². The lowest BCUT2D eigenvalue weighted by molar-refractivity contribution is -0.147. The van der Waals surface area contributed by atoms with Crippen molar-refractivity contribution in [2.24, 2.45) is 0 Å². The number of amides is 2. The summed E-state index contributed by atoms with van der Waals surface area (Å²) in [4.78, 5) is 36.4. The van der Waals surface area contributed by atoms with Gasteiger partial charge in [-0.3, -0.25) is 14.4 Å². The van der Waals surface area contributed by atoms with E-state index < -0.39 is 6.04 Å². The van der Waals surface area contributed by atoms with Crippen molar-refractivity contribution in [3.05, 3.63) is 71.8 Å². The molecule has 0 aromatic heterocycles. The van der Waals surface area contributed by atoms with Crippen LogP contribution in [0.25, 0.3) is 0 Å². The SMILES string of the molecule is CC(C)OC(=O)CCNC(=O)C[C@@H](NC(=O)c1ccccc1)c1ccccc1. The van der Waals surface area contributed by atoms with Crippen LogP contribution in [0.4, 0.5) is 0 Å². The lowest BCUT2D eigenvalue weighted by atomic mass is 10.0. The minimum Gasteiger partial charge on any atom is -0.463 e. The molecule has 6 nitrogen and oxygen atoms in total. The second-order valence-corrected chi connectivity index (χ2v) is 6.65. The highest BCUT2D eigenvalue weighted by Crippen LogP contribution is 2.17. The van der Waals surface area contributed by atoms with Gasteiger partial charge in [-0.25, -0.2) is 0 Å². The third-order valence-electron chi connectivity index (χ3n) is 3.95. The Morgan fingerprint density at radius 3 is 2.14 bits per heavy atom. The van der Waals surface area contributed by atoms with Crippen LogP contribution in [0.15, 0.2) is 60.7 Å². The first kappa shape index (κ1) is 21.2. The average molecular weight is 382 g/mol. The molecule has 0 bridgehead atoms. The Morgan fingerprint density at radius 1 is 0.929 bits per heavy atom. The van der Waals surface area contributed by atoms with E-state index in [1.807, 2.05) is 36.4 Å². The minimum absolute atomic E-state index is 0.0712. The second kappa shape index (κ2) is 10.9. The van der Waals surface area contributed by atoms with Crippen LogP contribution in [0, 0.1) is 0 Å². The molecule has 0 aliphatic rings. The van der Waals surface area contributed by atoms with E-state index in [-0.39, 0.29) is 43.3 Å². The van der Waals surface area contributed by atoms with Crippen molar-refractivity contribution in [1.82, 2.24) is 10.6 Å². The number of nitrogens with one attached hydrogen (secondary N) is 2. The van der Waals surface area contributed by atoms with Crippen molar-refractivity contribution >= 4 is 17.8 Å². The Bertz CT molecular complexity index is 776. The number of ether oxygens (including phenoxy) is 1. The first-order valence-electron chi connectivity index (χ1n) is 9.32. The van der Waals surface area contributed by atoms with Crippen molar-refractivity contribution in [3.8, 4) is 0 Å². The van der Waals surface area contributed by atoms with Gasteiger partial charge in [-0.1, -0.05) is 48.5 Å². The van der Waals surface area contributed by atoms with Crippen LogP contribution in [-0.4, -0.2) is 30.4 Å². The standard InChI is InChI=1S/C22H26N2O4/c1-16(2)28-21(26)13-14-23-20(25)15-19(17-9-5-3-6-10-17)24-22(27)18-11-7-4-8-12-18/h3-12,16,19H,13-15H2,1-2H3,(H,23,25)(H,24,27)/t19-/m1/s1. The Balaban J connectivity index is 1.95. The summed E-state index contributed by atoms with van der Waals surface area (Å²) in [7, 11) is 0. The van der Waals surface area contributed by atoms with E-state index in [9.17, 15) is 14.4 Å². The highest BCUT2D eigenvalue weighted by molar-refractivity contribution is 5.94. The van der Waals surface area contributed by atoms with E-state index in [4.69, 9.17) is 4.74 Å². The number of rotatable bonds is 9. The molecule has 2 amide bonds. The Kier molecular flexibility index (Phi) is 8.21. The highest BCUT2D eigenvalue weighted by atomic mass is 16.5. The molecule has 0 aliphatic heterocycles. The first-order chi connectivity index (χ1) is 13.5. The molecule has 2 aromatic rings. The zero-order valence-corrected chi connectivity index (χ0v) is 16.2. The van der Waals surface area contributed by atoms with Crippen molar-refractivity contribution < 1.29 is 19.1 Å². The van der Waals surface area contributed by atoms with Gasteiger partial charge < -0.3 is 15.4 Å². The molecule has 0 radical (unpaired) electrons. The lowest BCUT2D eigenvalue weighted by Gasteiger charge is -2.19. The van der Waals surface area contributed by atoms with E-state index in [2.05, 4.69) is 10.6 Å². The molecular formula is C22H26N2O4. The number of carbonyl (C=O) groups excluding carboxylic acids is 3. The van der Waals surface area contributed by atoms with Gasteiger partial charge in [-0.05, 0) is 31.5 Å². The van der Waals surface area contributed by atoms with Crippen LogP contribution in [0.5, 0.6) is 0 Å². The maximum atomic E-state index is 12.5. The molecule has 0 saturated heterocycles. The number of carbonyl (C=O) groups is 3. The van der Waals surface area contributed by atoms with Crippen LogP contribution in [0.1, 0.15) is 48.7 Å². The van der Waals surface area contributed by atoms with Gasteiger partial charge in [0.25, 0.3) is 5.91 Å². The molecule has 2 N–H and O–H groups in total.